The zero-order valence-corrected chi connectivity index (χ0v) is 16.0. The largest absolute Gasteiger partial charge is 0.481 e. The van der Waals surface area contributed by atoms with Crippen LogP contribution in [-0.2, 0) is 14.3 Å². The molecule has 25 heavy (non-hydrogen) atoms. The monoisotopic (exact) mass is 372 g/mol. The molecule has 0 bridgehead atoms. The fourth-order valence-electron chi connectivity index (χ4n) is 2.01. The van der Waals surface area contributed by atoms with Gasteiger partial charge in [0.1, 0.15) is 0 Å². The van der Waals surface area contributed by atoms with Crippen LogP contribution in [0, 0.1) is 11.3 Å². The Morgan fingerprint density at radius 3 is 2.04 bits per heavy atom. The van der Waals surface area contributed by atoms with E-state index in [1.54, 1.807) is 6.07 Å². The highest BCUT2D eigenvalue weighted by Crippen LogP contribution is 2.39. The van der Waals surface area contributed by atoms with Crippen LogP contribution in [0.15, 0.2) is 11.2 Å². The molecule has 0 aliphatic heterocycles. The Balaban J connectivity index is 3.12. The number of carboxylic acid groups (broad SMARTS) is 1. The molecule has 140 valence electrons. The molecule has 0 saturated heterocycles. The molecule has 0 amide bonds. The molecule has 2 unspecified atom stereocenters. The number of rotatable bonds is 8. The minimum atomic E-state index is -1.26. The molecule has 1 heterocycles. The molecule has 0 spiro atoms. The minimum Gasteiger partial charge on any atom is -0.481 e. The number of thioether (sulfide) groups is 1. The smallest absolute Gasteiger partial charge is 0.320 e. The topological polar surface area (TPSA) is 108 Å². The van der Waals surface area contributed by atoms with Crippen molar-refractivity contribution in [3.8, 4) is 11.8 Å². The maximum Gasteiger partial charge on any atom is 0.320 e. The average Bonchev–Trinajstić information content (AvgIpc) is 2.55. The van der Waals surface area contributed by atoms with Crippen molar-refractivity contribution in [2.75, 3.05) is 21.3 Å². The lowest BCUT2D eigenvalue weighted by Crippen LogP contribution is -2.33. The minimum absolute atomic E-state index is 0.0824. The summed E-state index contributed by atoms with van der Waals surface area (Å²) in [7, 11) is 4.14. The van der Waals surface area contributed by atoms with Crippen LogP contribution in [0.2, 0.25) is 0 Å². The Hall–Kier alpha value is -2.03. The fraction of sp³-hybridized carbons (Fsp3) is 0.625. The Kier molecular flexibility index (Phi) is 7.47. The number of hydrogen-bond acceptors (Lipinski definition) is 8. The quantitative estimate of drug-likeness (QED) is 0.318. The number of ether oxygens (including phenoxy) is 3. The molecular weight excluding hydrogens is 348 g/mol. The van der Waals surface area contributed by atoms with Crippen molar-refractivity contribution in [1.82, 2.24) is 9.97 Å². The van der Waals surface area contributed by atoms with Crippen LogP contribution in [0.5, 0.6) is 11.8 Å². The lowest BCUT2D eigenvalue weighted by atomic mass is 9.86. The summed E-state index contributed by atoms with van der Waals surface area (Å²) in [6.45, 7) is 5.87. The summed E-state index contributed by atoms with van der Waals surface area (Å²) >= 11 is 1.28. The first-order valence-corrected chi connectivity index (χ1v) is 8.44. The van der Waals surface area contributed by atoms with Crippen LogP contribution in [0.25, 0.3) is 0 Å². The number of nitrogens with zero attached hydrogens (tertiary/aromatic N) is 2. The number of aliphatic carboxylic acids is 1. The normalized spacial score (nSPS) is 13.7. The molecule has 9 heteroatoms. The number of methoxy groups -OCH3 is 3. The van der Waals surface area contributed by atoms with Crippen LogP contribution in [-0.4, -0.2) is 53.6 Å². The van der Waals surface area contributed by atoms with E-state index in [0.29, 0.717) is 16.9 Å². The third kappa shape index (κ3) is 6.08. The van der Waals surface area contributed by atoms with Gasteiger partial charge in [-0.2, -0.15) is 9.97 Å². The summed E-state index contributed by atoms with van der Waals surface area (Å²) in [5.41, 5.74) is -0.313. The zero-order valence-electron chi connectivity index (χ0n) is 15.2. The van der Waals surface area contributed by atoms with Gasteiger partial charge in [-0.1, -0.05) is 32.5 Å². The summed E-state index contributed by atoms with van der Waals surface area (Å²) in [6.07, 6.45) is 0.0824. The van der Waals surface area contributed by atoms with Crippen molar-refractivity contribution < 1.29 is 28.9 Å². The summed E-state index contributed by atoms with van der Waals surface area (Å²) in [5.74, 6) is -2.57. The first-order chi connectivity index (χ1) is 11.6. The van der Waals surface area contributed by atoms with E-state index >= 15 is 0 Å². The summed E-state index contributed by atoms with van der Waals surface area (Å²) in [4.78, 5) is 31.7. The molecule has 0 aromatic carbocycles. The fourth-order valence-corrected chi connectivity index (χ4v) is 3.19. The van der Waals surface area contributed by atoms with Crippen molar-refractivity contribution in [2.24, 2.45) is 11.3 Å². The van der Waals surface area contributed by atoms with Gasteiger partial charge in [0, 0.05) is 5.25 Å². The van der Waals surface area contributed by atoms with E-state index in [2.05, 4.69) is 14.7 Å². The Bertz CT molecular complexity index is 595. The third-order valence-electron chi connectivity index (χ3n) is 3.52. The number of aromatic nitrogens is 2. The molecule has 0 saturated carbocycles. The lowest BCUT2D eigenvalue weighted by Gasteiger charge is -2.31. The van der Waals surface area contributed by atoms with Gasteiger partial charge in [0.2, 0.25) is 11.8 Å². The molecule has 1 aromatic heterocycles. The number of hydrogen-bond donors (Lipinski definition) is 1. The summed E-state index contributed by atoms with van der Waals surface area (Å²) in [6, 6.07) is 1.55. The molecule has 0 aliphatic carbocycles. The number of carbonyl (C=O) groups is 2. The molecule has 1 aromatic rings. The van der Waals surface area contributed by atoms with Gasteiger partial charge in [0.05, 0.1) is 27.4 Å². The first kappa shape index (κ1) is 21.0. The van der Waals surface area contributed by atoms with Gasteiger partial charge < -0.3 is 19.3 Å². The van der Waals surface area contributed by atoms with Crippen LogP contribution in [0.4, 0.5) is 0 Å². The predicted molar refractivity (Wildman–Crippen MR) is 92.0 cm³/mol. The summed E-state index contributed by atoms with van der Waals surface area (Å²) in [5, 5.41) is 9.46. The maximum absolute atomic E-state index is 11.8. The molecule has 0 radical (unpaired) electrons. The van der Waals surface area contributed by atoms with Gasteiger partial charge in [-0.25, -0.2) is 0 Å². The second kappa shape index (κ2) is 8.89. The SMILES string of the molecule is COC(=O)C(CC(Sc1nc(OC)cc(OC)n1)C(C)(C)C)C(=O)O. The van der Waals surface area contributed by atoms with E-state index in [4.69, 9.17) is 9.47 Å². The van der Waals surface area contributed by atoms with E-state index in [-0.39, 0.29) is 17.1 Å². The standard InChI is InChI=1S/C16H24N2O6S/c1-16(2,3)10(7-9(13(19)20)14(21)24-6)25-15-17-11(22-4)8-12(18-15)23-5/h8-10H,7H2,1-6H3,(H,19,20). The lowest BCUT2D eigenvalue weighted by molar-refractivity contribution is -0.157. The van der Waals surface area contributed by atoms with E-state index < -0.39 is 17.9 Å². The van der Waals surface area contributed by atoms with E-state index in [0.717, 1.165) is 0 Å². The van der Waals surface area contributed by atoms with Crippen LogP contribution >= 0.6 is 11.8 Å². The molecule has 0 fully saturated rings. The third-order valence-corrected chi connectivity index (χ3v) is 5.10. The van der Waals surface area contributed by atoms with Gasteiger partial charge in [0.15, 0.2) is 11.1 Å². The Morgan fingerprint density at radius 1 is 1.16 bits per heavy atom. The highest BCUT2D eigenvalue weighted by atomic mass is 32.2. The highest BCUT2D eigenvalue weighted by Gasteiger charge is 2.36. The van der Waals surface area contributed by atoms with Gasteiger partial charge in [0.25, 0.3) is 0 Å². The van der Waals surface area contributed by atoms with Gasteiger partial charge in [-0.3, -0.25) is 9.59 Å². The van der Waals surface area contributed by atoms with Crippen molar-refractivity contribution >= 4 is 23.7 Å². The number of esters is 1. The van der Waals surface area contributed by atoms with Crippen molar-refractivity contribution in [2.45, 2.75) is 37.6 Å². The second-order valence-corrected chi connectivity index (χ2v) is 7.53. The van der Waals surface area contributed by atoms with Crippen molar-refractivity contribution in [3.05, 3.63) is 6.07 Å². The molecule has 8 nitrogen and oxygen atoms in total. The first-order valence-electron chi connectivity index (χ1n) is 7.56. The van der Waals surface area contributed by atoms with Crippen molar-refractivity contribution in [3.63, 3.8) is 0 Å². The molecular formula is C16H24N2O6S. The summed E-state index contributed by atoms with van der Waals surface area (Å²) < 4.78 is 14.9. The van der Waals surface area contributed by atoms with Crippen LogP contribution in [0.3, 0.4) is 0 Å². The Morgan fingerprint density at radius 2 is 1.68 bits per heavy atom. The highest BCUT2D eigenvalue weighted by molar-refractivity contribution is 7.99. The maximum atomic E-state index is 11.8. The van der Waals surface area contributed by atoms with Gasteiger partial charge >= 0.3 is 11.9 Å². The Labute approximate surface area is 151 Å². The van der Waals surface area contributed by atoms with E-state index in [1.165, 1.54) is 33.1 Å². The second-order valence-electron chi connectivity index (χ2n) is 6.36. The predicted octanol–water partition coefficient (Wildman–Crippen LogP) is 2.26. The molecule has 0 aliphatic rings. The number of carboxylic acids is 1. The molecule has 2 atom stereocenters. The zero-order chi connectivity index (χ0) is 19.2. The van der Waals surface area contributed by atoms with E-state index in [1.807, 2.05) is 20.8 Å². The molecule has 1 N–H and O–H groups in total. The van der Waals surface area contributed by atoms with Crippen LogP contribution in [0.1, 0.15) is 27.2 Å². The van der Waals surface area contributed by atoms with Crippen molar-refractivity contribution in [1.29, 1.82) is 0 Å². The van der Waals surface area contributed by atoms with Crippen LogP contribution < -0.4 is 9.47 Å². The molecule has 1 rings (SSSR count). The number of carbonyl (C=O) groups excluding carboxylic acids is 1. The van der Waals surface area contributed by atoms with E-state index in [9.17, 15) is 14.7 Å². The van der Waals surface area contributed by atoms with Gasteiger partial charge in [-0.15, -0.1) is 0 Å². The van der Waals surface area contributed by atoms with Gasteiger partial charge in [-0.05, 0) is 11.8 Å². The average molecular weight is 372 g/mol.